The lowest BCUT2D eigenvalue weighted by atomic mass is 9.95. The van der Waals surface area contributed by atoms with Gasteiger partial charge in [0.15, 0.2) is 5.82 Å². The third kappa shape index (κ3) is 5.34. The Labute approximate surface area is 230 Å². The summed E-state index contributed by atoms with van der Waals surface area (Å²) in [6.45, 7) is 7.60. The molecule has 2 aliphatic heterocycles. The number of ether oxygens (including phenoxy) is 3. The second kappa shape index (κ2) is 10.7. The molecule has 12 heteroatoms. The Morgan fingerprint density at radius 2 is 1.95 bits per heavy atom. The molecule has 1 saturated heterocycles. The normalized spacial score (nSPS) is 16.4. The van der Waals surface area contributed by atoms with E-state index in [1.54, 1.807) is 23.3 Å². The maximum atomic E-state index is 6.20. The standard InChI is InChI=1S/C28H29N9O3/c1-18-12-19(5-7-23(18)39-25(29-2)14-24-36-33-17-37(24)3)34-26-21-13-20(4-6-22(21)31-16-32-26)35-27-30-15-28(40-27)8-10-38-11-9-28/h4-7,12-14,16-17H,2,8-11,15H2,1,3H3,(H,30,35)(H,31,32,34)/b25-14+. The van der Waals surface area contributed by atoms with Gasteiger partial charge < -0.3 is 29.4 Å². The Hall–Kier alpha value is -4.84. The molecule has 6 rings (SSSR count). The van der Waals surface area contributed by atoms with Crippen molar-refractivity contribution in [2.24, 2.45) is 17.0 Å². The zero-order valence-electron chi connectivity index (χ0n) is 22.3. The van der Waals surface area contributed by atoms with E-state index in [4.69, 9.17) is 14.2 Å². The topological polar surface area (TPSA) is 133 Å². The van der Waals surface area contributed by atoms with E-state index >= 15 is 0 Å². The molecule has 4 heterocycles. The van der Waals surface area contributed by atoms with Gasteiger partial charge in [-0.25, -0.2) is 20.0 Å². The number of anilines is 3. The molecule has 4 aromatic rings. The van der Waals surface area contributed by atoms with Crippen LogP contribution >= 0.6 is 0 Å². The Bertz CT molecular complexity index is 1620. The predicted octanol–water partition coefficient (Wildman–Crippen LogP) is 4.24. The third-order valence-corrected chi connectivity index (χ3v) is 6.92. The summed E-state index contributed by atoms with van der Waals surface area (Å²) < 4.78 is 19.4. The molecule has 0 bridgehead atoms. The Morgan fingerprint density at radius 1 is 1.12 bits per heavy atom. The van der Waals surface area contributed by atoms with Crippen LogP contribution in [0.15, 0.2) is 64.9 Å². The first-order valence-corrected chi connectivity index (χ1v) is 12.9. The van der Waals surface area contributed by atoms with E-state index in [1.807, 2.05) is 50.4 Å². The fraction of sp³-hybridized carbons (Fsp3) is 0.286. The van der Waals surface area contributed by atoms with Crippen LogP contribution in [0.1, 0.15) is 24.2 Å². The van der Waals surface area contributed by atoms with Crippen molar-refractivity contribution in [3.8, 4) is 5.75 Å². The highest BCUT2D eigenvalue weighted by atomic mass is 16.5. The maximum Gasteiger partial charge on any atom is 0.289 e. The molecule has 12 nitrogen and oxygen atoms in total. The molecule has 0 radical (unpaired) electrons. The zero-order chi connectivity index (χ0) is 27.5. The fourth-order valence-corrected chi connectivity index (χ4v) is 4.64. The number of hydrogen-bond donors (Lipinski definition) is 2. The van der Waals surface area contributed by atoms with Crippen LogP contribution in [-0.2, 0) is 16.5 Å². The number of aliphatic imine (C=N–C) groups is 2. The van der Waals surface area contributed by atoms with Crippen LogP contribution in [0, 0.1) is 6.92 Å². The largest absolute Gasteiger partial charge is 0.456 e. The van der Waals surface area contributed by atoms with Gasteiger partial charge in [-0.3, -0.25) is 0 Å². The number of benzene rings is 2. The lowest BCUT2D eigenvalue weighted by Crippen LogP contribution is -2.40. The first kappa shape index (κ1) is 25.4. The van der Waals surface area contributed by atoms with Crippen LogP contribution in [0.3, 0.4) is 0 Å². The average Bonchev–Trinajstić information content (AvgIpc) is 3.55. The first-order chi connectivity index (χ1) is 19.5. The van der Waals surface area contributed by atoms with Gasteiger partial charge in [0.25, 0.3) is 6.02 Å². The minimum Gasteiger partial charge on any atom is -0.456 e. The van der Waals surface area contributed by atoms with Crippen LogP contribution in [0.4, 0.5) is 17.2 Å². The molecule has 0 atom stereocenters. The number of rotatable bonds is 7. The van der Waals surface area contributed by atoms with Crippen LogP contribution in [0.25, 0.3) is 17.0 Å². The highest BCUT2D eigenvalue weighted by Gasteiger charge is 2.39. The van der Waals surface area contributed by atoms with E-state index in [9.17, 15) is 0 Å². The van der Waals surface area contributed by atoms with E-state index < -0.39 is 0 Å². The van der Waals surface area contributed by atoms with Crippen molar-refractivity contribution in [1.29, 1.82) is 0 Å². The molecule has 40 heavy (non-hydrogen) atoms. The number of amidine groups is 1. The molecule has 2 aromatic heterocycles. The number of nitrogens with zero attached hydrogens (tertiary/aromatic N) is 7. The zero-order valence-corrected chi connectivity index (χ0v) is 22.3. The van der Waals surface area contributed by atoms with Gasteiger partial charge in [0.05, 0.1) is 25.3 Å². The number of aryl methyl sites for hydroxylation is 2. The van der Waals surface area contributed by atoms with Gasteiger partial charge >= 0.3 is 0 Å². The number of nitrogens with one attached hydrogen (secondary N) is 2. The minimum absolute atomic E-state index is 0.255. The lowest BCUT2D eigenvalue weighted by molar-refractivity contribution is -0.0361. The minimum atomic E-state index is -0.255. The summed E-state index contributed by atoms with van der Waals surface area (Å²) in [5.41, 5.74) is 3.14. The SMILES string of the molecule is C=N/C(=C\c1nncn1C)Oc1ccc(Nc2ncnc3ccc(NC4=NCC5(CCOCC5)O4)cc23)cc1C. The van der Waals surface area contributed by atoms with Crippen molar-refractivity contribution in [2.45, 2.75) is 25.4 Å². The van der Waals surface area contributed by atoms with Gasteiger partial charge in [0.1, 0.15) is 29.8 Å². The molecule has 2 N–H and O–H groups in total. The summed E-state index contributed by atoms with van der Waals surface area (Å²) in [6, 6.07) is 12.2. The summed E-state index contributed by atoms with van der Waals surface area (Å²) in [5.74, 6) is 2.25. The molecule has 1 spiro atoms. The molecular weight excluding hydrogens is 510 g/mol. The fourth-order valence-electron chi connectivity index (χ4n) is 4.64. The smallest absolute Gasteiger partial charge is 0.289 e. The van der Waals surface area contributed by atoms with E-state index in [-0.39, 0.29) is 5.60 Å². The number of fused-ring (bicyclic) bond motifs is 1. The highest BCUT2D eigenvalue weighted by Crippen LogP contribution is 2.32. The summed E-state index contributed by atoms with van der Waals surface area (Å²) in [6.07, 6.45) is 6.51. The van der Waals surface area contributed by atoms with E-state index in [0.717, 1.165) is 40.7 Å². The van der Waals surface area contributed by atoms with Gasteiger partial charge in [-0.15, -0.1) is 10.2 Å². The van der Waals surface area contributed by atoms with Crippen LogP contribution in [0.2, 0.25) is 0 Å². The van der Waals surface area contributed by atoms with Gasteiger partial charge in [-0.05, 0) is 55.6 Å². The summed E-state index contributed by atoms with van der Waals surface area (Å²) >= 11 is 0. The number of aromatic nitrogens is 5. The summed E-state index contributed by atoms with van der Waals surface area (Å²) in [7, 11) is 1.84. The van der Waals surface area contributed by atoms with Crippen molar-refractivity contribution in [2.75, 3.05) is 30.4 Å². The van der Waals surface area contributed by atoms with Crippen molar-refractivity contribution in [3.05, 3.63) is 66.3 Å². The van der Waals surface area contributed by atoms with Gasteiger partial charge in [-0.2, -0.15) is 0 Å². The molecule has 1 fully saturated rings. The van der Waals surface area contributed by atoms with E-state index in [2.05, 4.69) is 47.5 Å². The lowest BCUT2D eigenvalue weighted by Gasteiger charge is -2.31. The van der Waals surface area contributed by atoms with E-state index in [1.165, 1.54) is 0 Å². The van der Waals surface area contributed by atoms with Crippen LogP contribution in [-0.4, -0.2) is 62.8 Å². The molecule has 0 amide bonds. The molecule has 2 aliphatic rings. The Kier molecular flexibility index (Phi) is 6.83. The average molecular weight is 540 g/mol. The second-order valence-electron chi connectivity index (χ2n) is 9.75. The monoisotopic (exact) mass is 539 g/mol. The number of hydrogen-bond acceptors (Lipinski definition) is 11. The predicted molar refractivity (Wildman–Crippen MR) is 153 cm³/mol. The van der Waals surface area contributed by atoms with Gasteiger partial charge in [0.2, 0.25) is 5.88 Å². The van der Waals surface area contributed by atoms with Gasteiger partial charge in [0, 0.05) is 42.7 Å². The summed E-state index contributed by atoms with van der Waals surface area (Å²) in [5, 5.41) is 15.5. The van der Waals surface area contributed by atoms with E-state index in [0.29, 0.717) is 49.1 Å². The van der Waals surface area contributed by atoms with Crippen molar-refractivity contribution < 1.29 is 14.2 Å². The van der Waals surface area contributed by atoms with Gasteiger partial charge in [-0.1, -0.05) is 0 Å². The van der Waals surface area contributed by atoms with Crippen molar-refractivity contribution in [3.63, 3.8) is 0 Å². The molecule has 2 aromatic carbocycles. The van der Waals surface area contributed by atoms with Crippen LogP contribution < -0.4 is 15.4 Å². The highest BCUT2D eigenvalue weighted by molar-refractivity contribution is 5.97. The maximum absolute atomic E-state index is 6.20. The molecule has 0 unspecified atom stereocenters. The van der Waals surface area contributed by atoms with Crippen LogP contribution in [0.5, 0.6) is 5.75 Å². The molecule has 0 aliphatic carbocycles. The first-order valence-electron chi connectivity index (χ1n) is 12.9. The molecular formula is C28H29N9O3. The molecule has 0 saturated carbocycles. The Balaban J connectivity index is 1.18. The quantitative estimate of drug-likeness (QED) is 0.261. The summed E-state index contributed by atoms with van der Waals surface area (Å²) in [4.78, 5) is 17.5. The van der Waals surface area contributed by atoms with Crippen molar-refractivity contribution >= 4 is 46.9 Å². The third-order valence-electron chi connectivity index (χ3n) is 6.92. The van der Waals surface area contributed by atoms with Crippen molar-refractivity contribution in [1.82, 2.24) is 24.7 Å². The second-order valence-corrected chi connectivity index (χ2v) is 9.75. The molecule has 204 valence electrons. The Morgan fingerprint density at radius 3 is 2.73 bits per heavy atom.